The first-order valence-electron chi connectivity index (χ1n) is 6.68. The Morgan fingerprint density at radius 3 is 2.95 bits per heavy atom. The molecule has 1 amide bonds. The van der Waals surface area contributed by atoms with Gasteiger partial charge in [0.25, 0.3) is 0 Å². The quantitative estimate of drug-likeness (QED) is 0.909. The second-order valence-electron chi connectivity index (χ2n) is 5.04. The van der Waals surface area contributed by atoms with E-state index in [0.29, 0.717) is 5.13 Å². The molecule has 2 aromatic rings. The molecule has 0 aromatic carbocycles. The molecular weight excluding hydrogens is 310 g/mol. The summed E-state index contributed by atoms with van der Waals surface area (Å²) in [4.78, 5) is 16.5. The maximum atomic E-state index is 12.0. The Hall–Kier alpha value is -1.37. The Kier molecular flexibility index (Phi) is 5.03. The Morgan fingerprint density at radius 1 is 1.52 bits per heavy atom. The molecule has 0 saturated carbocycles. The second-order valence-corrected chi connectivity index (χ2v) is 5.90. The van der Waals surface area contributed by atoms with Crippen molar-refractivity contribution >= 4 is 34.8 Å². The Morgan fingerprint density at radius 2 is 2.33 bits per heavy atom. The zero-order chi connectivity index (χ0) is 14.1. The Bertz CT molecular complexity index is 632. The van der Waals surface area contributed by atoms with Gasteiger partial charge in [-0.15, -0.1) is 23.7 Å². The molecule has 1 aliphatic rings. The number of thiazole rings is 1. The number of hydrogen-bond donors (Lipinski definition) is 2. The molecule has 114 valence electrons. The lowest BCUT2D eigenvalue weighted by Crippen LogP contribution is -2.24. The summed E-state index contributed by atoms with van der Waals surface area (Å²) in [5, 5.41) is 8.68. The van der Waals surface area contributed by atoms with Crippen LogP contribution in [0.5, 0.6) is 0 Å². The first kappa shape index (κ1) is 16.0. The van der Waals surface area contributed by atoms with Crippen LogP contribution in [0, 0.1) is 19.8 Å². The summed E-state index contributed by atoms with van der Waals surface area (Å²) in [5.41, 5.74) is 1.84. The topological polar surface area (TPSA) is 67.2 Å². The fraction of sp³-hybridized carbons (Fsp3) is 0.429. The molecule has 1 saturated heterocycles. The number of nitrogens with zero attached hydrogens (tertiary/aromatic N) is 1. The van der Waals surface area contributed by atoms with Crippen LogP contribution in [0.4, 0.5) is 5.13 Å². The molecule has 21 heavy (non-hydrogen) atoms. The number of aryl methyl sites for hydroxylation is 2. The van der Waals surface area contributed by atoms with Gasteiger partial charge >= 0.3 is 0 Å². The van der Waals surface area contributed by atoms with E-state index in [1.165, 1.54) is 11.3 Å². The monoisotopic (exact) mass is 327 g/mol. The van der Waals surface area contributed by atoms with Crippen LogP contribution in [0.1, 0.15) is 17.9 Å². The summed E-state index contributed by atoms with van der Waals surface area (Å²) >= 11 is 1.44. The SMILES string of the molecule is Cc1cc(-c2csc(NC(=O)C3CCNC3)n2)c(C)o1.Cl. The van der Waals surface area contributed by atoms with Crippen LogP contribution in [0.15, 0.2) is 15.9 Å². The number of rotatable bonds is 3. The zero-order valence-corrected chi connectivity index (χ0v) is 13.6. The number of furan rings is 1. The molecule has 7 heteroatoms. The van der Waals surface area contributed by atoms with Crippen molar-refractivity contribution in [1.29, 1.82) is 0 Å². The summed E-state index contributed by atoms with van der Waals surface area (Å²) in [6, 6.07) is 1.97. The van der Waals surface area contributed by atoms with Crippen molar-refractivity contribution in [2.24, 2.45) is 5.92 Å². The molecule has 3 rings (SSSR count). The van der Waals surface area contributed by atoms with Crippen LogP contribution in [0.25, 0.3) is 11.3 Å². The van der Waals surface area contributed by atoms with E-state index in [1.54, 1.807) is 0 Å². The molecule has 1 unspecified atom stereocenters. The van der Waals surface area contributed by atoms with Crippen molar-refractivity contribution in [3.05, 3.63) is 23.0 Å². The maximum Gasteiger partial charge on any atom is 0.230 e. The summed E-state index contributed by atoms with van der Waals surface area (Å²) < 4.78 is 5.51. The molecular formula is C14H18ClN3O2S. The average molecular weight is 328 g/mol. The van der Waals surface area contributed by atoms with Crippen LogP contribution in [-0.2, 0) is 4.79 Å². The zero-order valence-electron chi connectivity index (χ0n) is 11.9. The molecule has 5 nitrogen and oxygen atoms in total. The minimum absolute atomic E-state index is 0. The van der Waals surface area contributed by atoms with Crippen LogP contribution >= 0.6 is 23.7 Å². The van der Waals surface area contributed by atoms with E-state index in [2.05, 4.69) is 15.6 Å². The van der Waals surface area contributed by atoms with E-state index in [0.717, 1.165) is 42.3 Å². The molecule has 0 spiro atoms. The van der Waals surface area contributed by atoms with Gasteiger partial charge in [0.15, 0.2) is 5.13 Å². The van der Waals surface area contributed by atoms with Gasteiger partial charge in [0.2, 0.25) is 5.91 Å². The van der Waals surface area contributed by atoms with Gasteiger partial charge in [-0.3, -0.25) is 4.79 Å². The first-order chi connectivity index (χ1) is 9.63. The van der Waals surface area contributed by atoms with Crippen molar-refractivity contribution in [2.45, 2.75) is 20.3 Å². The number of nitrogens with one attached hydrogen (secondary N) is 2. The highest BCUT2D eigenvalue weighted by molar-refractivity contribution is 7.14. The molecule has 2 N–H and O–H groups in total. The number of halogens is 1. The number of amides is 1. The number of carbonyl (C=O) groups is 1. The summed E-state index contributed by atoms with van der Waals surface area (Å²) in [6.07, 6.45) is 0.893. The molecule has 1 atom stereocenters. The highest BCUT2D eigenvalue weighted by Crippen LogP contribution is 2.29. The standard InChI is InChI=1S/C14H17N3O2S.ClH/c1-8-5-11(9(2)19-8)12-7-20-14(16-12)17-13(18)10-3-4-15-6-10;/h5,7,10,15H,3-4,6H2,1-2H3,(H,16,17,18);1H. The van der Waals surface area contributed by atoms with Gasteiger partial charge in [-0.2, -0.15) is 0 Å². The average Bonchev–Trinajstić information content (AvgIpc) is 3.10. The third-order valence-electron chi connectivity index (χ3n) is 3.48. The highest BCUT2D eigenvalue weighted by atomic mass is 35.5. The predicted octanol–water partition coefficient (Wildman–Crippen LogP) is 2.99. The fourth-order valence-electron chi connectivity index (χ4n) is 2.43. The van der Waals surface area contributed by atoms with Crippen molar-refractivity contribution in [3.63, 3.8) is 0 Å². The van der Waals surface area contributed by atoms with Gasteiger partial charge in [0.05, 0.1) is 11.6 Å². The van der Waals surface area contributed by atoms with E-state index >= 15 is 0 Å². The minimum atomic E-state index is 0. The second kappa shape index (κ2) is 6.60. The Balaban J connectivity index is 0.00000161. The molecule has 0 radical (unpaired) electrons. The molecule has 1 fully saturated rings. The number of hydrogen-bond acceptors (Lipinski definition) is 5. The molecule has 0 bridgehead atoms. The van der Waals surface area contributed by atoms with E-state index in [1.807, 2.05) is 25.3 Å². The van der Waals surface area contributed by atoms with E-state index in [4.69, 9.17) is 4.42 Å². The fourth-order valence-corrected chi connectivity index (χ4v) is 3.14. The van der Waals surface area contributed by atoms with E-state index < -0.39 is 0 Å². The normalized spacial score (nSPS) is 17.5. The number of anilines is 1. The molecule has 0 aliphatic carbocycles. The summed E-state index contributed by atoms with van der Waals surface area (Å²) in [5.74, 6) is 1.83. The van der Waals surface area contributed by atoms with Gasteiger partial charge in [-0.25, -0.2) is 4.98 Å². The summed E-state index contributed by atoms with van der Waals surface area (Å²) in [7, 11) is 0. The van der Waals surface area contributed by atoms with Gasteiger partial charge in [-0.1, -0.05) is 0 Å². The van der Waals surface area contributed by atoms with Crippen molar-refractivity contribution in [2.75, 3.05) is 18.4 Å². The van der Waals surface area contributed by atoms with Gasteiger partial charge < -0.3 is 15.1 Å². The summed E-state index contributed by atoms with van der Waals surface area (Å²) in [6.45, 7) is 5.50. The van der Waals surface area contributed by atoms with Gasteiger partial charge in [0, 0.05) is 17.5 Å². The number of carbonyl (C=O) groups excluding carboxylic acids is 1. The lowest BCUT2D eigenvalue weighted by Gasteiger charge is -2.06. The van der Waals surface area contributed by atoms with Crippen molar-refractivity contribution in [1.82, 2.24) is 10.3 Å². The largest absolute Gasteiger partial charge is 0.466 e. The third-order valence-corrected chi connectivity index (χ3v) is 4.24. The number of aromatic nitrogens is 1. The third kappa shape index (κ3) is 3.45. The van der Waals surface area contributed by atoms with Gasteiger partial charge in [0.1, 0.15) is 11.5 Å². The van der Waals surface area contributed by atoms with Crippen molar-refractivity contribution in [3.8, 4) is 11.3 Å². The first-order valence-corrected chi connectivity index (χ1v) is 7.56. The smallest absolute Gasteiger partial charge is 0.230 e. The van der Waals surface area contributed by atoms with Crippen LogP contribution in [-0.4, -0.2) is 24.0 Å². The lowest BCUT2D eigenvalue weighted by molar-refractivity contribution is -0.119. The Labute approximate surface area is 133 Å². The van der Waals surface area contributed by atoms with Crippen LogP contribution in [0.2, 0.25) is 0 Å². The molecule has 3 heterocycles. The van der Waals surface area contributed by atoms with Crippen molar-refractivity contribution < 1.29 is 9.21 Å². The lowest BCUT2D eigenvalue weighted by atomic mass is 10.1. The van der Waals surface area contributed by atoms with Gasteiger partial charge in [-0.05, 0) is 32.9 Å². The molecule has 2 aromatic heterocycles. The maximum absolute atomic E-state index is 12.0. The molecule has 1 aliphatic heterocycles. The van der Waals surface area contributed by atoms with Crippen LogP contribution in [0.3, 0.4) is 0 Å². The predicted molar refractivity (Wildman–Crippen MR) is 86.1 cm³/mol. The van der Waals surface area contributed by atoms with E-state index in [-0.39, 0.29) is 24.2 Å². The van der Waals surface area contributed by atoms with Crippen LogP contribution < -0.4 is 10.6 Å². The minimum Gasteiger partial charge on any atom is -0.466 e. The van der Waals surface area contributed by atoms with E-state index in [9.17, 15) is 4.79 Å². The highest BCUT2D eigenvalue weighted by Gasteiger charge is 2.23.